The minimum atomic E-state index is -1.26. The lowest BCUT2D eigenvalue weighted by atomic mass is 10.1. The van der Waals surface area contributed by atoms with Crippen LogP contribution in [-0.4, -0.2) is 31.2 Å². The molecule has 1 N–H and O–H groups in total. The van der Waals surface area contributed by atoms with Gasteiger partial charge in [-0.3, -0.25) is 9.59 Å². The number of fused-ring (bicyclic) bond motifs is 1. The molecule has 33 heavy (non-hydrogen) atoms. The number of halogens is 1. The van der Waals surface area contributed by atoms with Gasteiger partial charge in [0.25, 0.3) is 5.56 Å². The largest absolute Gasteiger partial charge is 0.476 e. The van der Waals surface area contributed by atoms with Gasteiger partial charge in [-0.1, -0.05) is 41.9 Å². The van der Waals surface area contributed by atoms with Crippen molar-refractivity contribution in [2.24, 2.45) is 0 Å². The fourth-order valence-electron chi connectivity index (χ4n) is 4.04. The molecule has 168 valence electrons. The summed E-state index contributed by atoms with van der Waals surface area (Å²) < 4.78 is 3.00. The van der Waals surface area contributed by atoms with E-state index in [0.717, 1.165) is 28.1 Å². The summed E-state index contributed by atoms with van der Waals surface area (Å²) in [6.45, 7) is 4.13. The number of hydrogen-bond donors (Lipinski definition) is 1. The molecule has 0 bridgehead atoms. The first-order valence-corrected chi connectivity index (χ1v) is 10.8. The van der Waals surface area contributed by atoms with Crippen molar-refractivity contribution in [3.63, 3.8) is 0 Å². The normalized spacial score (nSPS) is 11.1. The minimum absolute atomic E-state index is 0.214. The van der Waals surface area contributed by atoms with Gasteiger partial charge in [0.2, 0.25) is 0 Å². The molecule has 0 aliphatic rings. The third-order valence-corrected chi connectivity index (χ3v) is 6.03. The summed E-state index contributed by atoms with van der Waals surface area (Å²) in [5.74, 6) is -1.56. The van der Waals surface area contributed by atoms with Crippen LogP contribution in [0, 0.1) is 13.8 Å². The number of ketones is 1. The van der Waals surface area contributed by atoms with Crippen LogP contribution in [0.1, 0.15) is 37.8 Å². The monoisotopic (exact) mass is 463 g/mol. The molecular formula is C25H22ClN3O4. The van der Waals surface area contributed by atoms with E-state index in [1.807, 2.05) is 38.1 Å². The number of aromatic nitrogens is 3. The lowest BCUT2D eigenvalue weighted by Crippen LogP contribution is -2.29. The van der Waals surface area contributed by atoms with E-state index in [0.29, 0.717) is 17.1 Å². The molecular weight excluding hydrogens is 442 g/mol. The van der Waals surface area contributed by atoms with E-state index in [2.05, 4.69) is 9.67 Å². The van der Waals surface area contributed by atoms with Crippen LogP contribution >= 0.6 is 11.6 Å². The molecule has 0 radical (unpaired) electrons. The average Bonchev–Trinajstić information content (AvgIpc) is 3.08. The predicted octanol–water partition coefficient (Wildman–Crippen LogP) is 4.29. The topological polar surface area (TPSA) is 94.2 Å². The SMILES string of the molecule is Cc1cc(C(=O)Cn2nc(C(=O)O)c3ccccc3c2=O)c(C)n1CCc1ccc(Cl)cc1. The summed E-state index contributed by atoms with van der Waals surface area (Å²) in [5.41, 5.74) is 2.58. The maximum absolute atomic E-state index is 13.1. The summed E-state index contributed by atoms with van der Waals surface area (Å²) in [5, 5.41) is 14.6. The van der Waals surface area contributed by atoms with Gasteiger partial charge in [-0.2, -0.15) is 5.10 Å². The first-order chi connectivity index (χ1) is 15.8. The van der Waals surface area contributed by atoms with E-state index in [9.17, 15) is 19.5 Å². The highest BCUT2D eigenvalue weighted by molar-refractivity contribution is 6.30. The van der Waals surface area contributed by atoms with Gasteiger partial charge < -0.3 is 9.67 Å². The molecule has 2 aromatic carbocycles. The second-order valence-corrected chi connectivity index (χ2v) is 8.33. The van der Waals surface area contributed by atoms with Crippen molar-refractivity contribution < 1.29 is 14.7 Å². The molecule has 0 spiro atoms. The molecule has 0 fully saturated rings. The van der Waals surface area contributed by atoms with Gasteiger partial charge in [-0.05, 0) is 50.1 Å². The Balaban J connectivity index is 1.62. The molecule has 0 aliphatic heterocycles. The molecule has 0 saturated heterocycles. The number of carbonyl (C=O) groups is 2. The van der Waals surface area contributed by atoms with Crippen LogP contribution in [-0.2, 0) is 19.5 Å². The molecule has 2 heterocycles. The highest BCUT2D eigenvalue weighted by Gasteiger charge is 2.20. The van der Waals surface area contributed by atoms with Crippen molar-refractivity contribution in [2.45, 2.75) is 33.4 Å². The first kappa shape index (κ1) is 22.5. The van der Waals surface area contributed by atoms with Crippen LogP contribution in [0.25, 0.3) is 10.8 Å². The number of carboxylic acids is 1. The maximum atomic E-state index is 13.1. The van der Waals surface area contributed by atoms with E-state index in [1.54, 1.807) is 18.2 Å². The Hall–Kier alpha value is -3.71. The van der Waals surface area contributed by atoms with Gasteiger partial charge in [0.15, 0.2) is 11.5 Å². The van der Waals surface area contributed by atoms with E-state index in [-0.39, 0.29) is 28.8 Å². The third kappa shape index (κ3) is 4.45. The number of aromatic carboxylic acids is 1. The second kappa shape index (κ2) is 9.03. The molecule has 0 amide bonds. The molecule has 0 unspecified atom stereocenters. The number of carbonyl (C=O) groups excluding carboxylic acids is 1. The van der Waals surface area contributed by atoms with E-state index in [1.165, 1.54) is 12.1 Å². The summed E-state index contributed by atoms with van der Waals surface area (Å²) in [7, 11) is 0. The second-order valence-electron chi connectivity index (χ2n) is 7.90. The molecule has 4 aromatic rings. The Kier molecular flexibility index (Phi) is 6.16. The van der Waals surface area contributed by atoms with Crippen LogP contribution in [0.5, 0.6) is 0 Å². The van der Waals surface area contributed by atoms with Crippen LogP contribution in [0.2, 0.25) is 5.02 Å². The van der Waals surface area contributed by atoms with Crippen molar-refractivity contribution in [1.29, 1.82) is 0 Å². The van der Waals surface area contributed by atoms with Crippen LogP contribution < -0.4 is 5.56 Å². The number of carboxylic acid groups (broad SMARTS) is 1. The van der Waals surface area contributed by atoms with Gasteiger partial charge >= 0.3 is 5.97 Å². The number of Topliss-reactive ketones (excluding diaryl/α,β-unsaturated/α-hetero) is 1. The summed E-state index contributed by atoms with van der Waals surface area (Å²) in [6.07, 6.45) is 0.773. The zero-order chi connectivity index (χ0) is 23.7. The molecule has 0 aliphatic carbocycles. The van der Waals surface area contributed by atoms with Crippen molar-refractivity contribution >= 4 is 34.1 Å². The van der Waals surface area contributed by atoms with E-state index in [4.69, 9.17) is 11.6 Å². The highest BCUT2D eigenvalue weighted by atomic mass is 35.5. The van der Waals surface area contributed by atoms with Gasteiger partial charge in [-0.25, -0.2) is 9.48 Å². The molecule has 0 atom stereocenters. The van der Waals surface area contributed by atoms with E-state index >= 15 is 0 Å². The molecule has 0 saturated carbocycles. The lowest BCUT2D eigenvalue weighted by molar-refractivity contribution is 0.0688. The number of nitrogens with zero attached hydrogens (tertiary/aromatic N) is 3. The average molecular weight is 464 g/mol. The molecule has 8 heteroatoms. The summed E-state index contributed by atoms with van der Waals surface area (Å²) in [4.78, 5) is 37.6. The Labute approximate surface area is 194 Å². The van der Waals surface area contributed by atoms with Crippen LogP contribution in [0.15, 0.2) is 59.4 Å². The van der Waals surface area contributed by atoms with Crippen molar-refractivity contribution in [1.82, 2.24) is 14.3 Å². The Bertz CT molecular complexity index is 1430. The first-order valence-electron chi connectivity index (χ1n) is 10.4. The summed E-state index contributed by atoms with van der Waals surface area (Å²) in [6, 6.07) is 15.8. The Morgan fingerprint density at radius 3 is 2.36 bits per heavy atom. The zero-order valence-corrected chi connectivity index (χ0v) is 19.0. The fraction of sp³-hybridized carbons (Fsp3) is 0.200. The van der Waals surface area contributed by atoms with Crippen LogP contribution in [0.4, 0.5) is 0 Å². The molecule has 4 rings (SSSR count). The van der Waals surface area contributed by atoms with Gasteiger partial charge in [-0.15, -0.1) is 0 Å². The fourth-order valence-corrected chi connectivity index (χ4v) is 4.17. The van der Waals surface area contributed by atoms with Gasteiger partial charge in [0.1, 0.15) is 6.54 Å². The van der Waals surface area contributed by atoms with Crippen LogP contribution in [0.3, 0.4) is 0 Å². The molecule has 2 aromatic heterocycles. The van der Waals surface area contributed by atoms with Gasteiger partial charge in [0, 0.05) is 33.9 Å². The number of rotatable bonds is 7. The summed E-state index contributed by atoms with van der Waals surface area (Å²) >= 11 is 5.95. The minimum Gasteiger partial charge on any atom is -0.476 e. The van der Waals surface area contributed by atoms with Crippen molar-refractivity contribution in [3.05, 3.63) is 98.2 Å². The van der Waals surface area contributed by atoms with E-state index < -0.39 is 11.5 Å². The smallest absolute Gasteiger partial charge is 0.357 e. The quantitative estimate of drug-likeness (QED) is 0.412. The predicted molar refractivity (Wildman–Crippen MR) is 126 cm³/mol. The Morgan fingerprint density at radius 2 is 1.70 bits per heavy atom. The van der Waals surface area contributed by atoms with Crippen molar-refractivity contribution in [2.75, 3.05) is 0 Å². The highest BCUT2D eigenvalue weighted by Crippen LogP contribution is 2.19. The number of benzene rings is 2. The lowest BCUT2D eigenvalue weighted by Gasteiger charge is -2.11. The Morgan fingerprint density at radius 1 is 1.03 bits per heavy atom. The zero-order valence-electron chi connectivity index (χ0n) is 18.2. The third-order valence-electron chi connectivity index (χ3n) is 5.78. The standard InChI is InChI=1S/C25H22ClN3O4/c1-15-13-21(16(2)28(15)12-11-17-7-9-18(26)10-8-17)22(30)14-29-24(31)20-6-4-3-5-19(20)23(27-29)25(32)33/h3-10,13H,11-12,14H2,1-2H3,(H,32,33). The number of aryl methyl sites for hydroxylation is 2. The van der Waals surface area contributed by atoms with Crippen molar-refractivity contribution in [3.8, 4) is 0 Å². The van der Waals surface area contributed by atoms with Gasteiger partial charge in [0.05, 0.1) is 5.39 Å². The number of hydrogen-bond acceptors (Lipinski definition) is 4. The maximum Gasteiger partial charge on any atom is 0.357 e. The molecule has 7 nitrogen and oxygen atoms in total.